The number of hydrogen-bond donors (Lipinski definition) is 0. The zero-order valence-electron chi connectivity index (χ0n) is 7.80. The summed E-state index contributed by atoms with van der Waals surface area (Å²) >= 11 is 0. The second kappa shape index (κ2) is 6.77. The number of rotatable bonds is 6. The van der Waals surface area contributed by atoms with Gasteiger partial charge in [-0.3, -0.25) is 4.79 Å². The maximum atomic E-state index is 10.5. The normalized spacial score (nSPS) is 10.5. The molecule has 0 saturated carbocycles. The van der Waals surface area contributed by atoms with Crippen LogP contribution in [0.25, 0.3) is 0 Å². The van der Waals surface area contributed by atoms with E-state index in [1.165, 1.54) is 6.92 Å². The summed E-state index contributed by atoms with van der Waals surface area (Å²) in [6.45, 7) is 3.14. The van der Waals surface area contributed by atoms with E-state index in [0.717, 1.165) is 19.3 Å². The molecule has 0 aromatic heterocycles. The average Bonchev–Trinajstić information content (AvgIpc) is 1.95. The van der Waals surface area contributed by atoms with Gasteiger partial charge in [0.15, 0.2) is 5.78 Å². The third-order valence-corrected chi connectivity index (χ3v) is 1.50. The van der Waals surface area contributed by atoms with Crippen molar-refractivity contribution in [1.29, 1.82) is 0 Å². The first-order valence-electron chi connectivity index (χ1n) is 4.29. The van der Waals surface area contributed by atoms with Crippen molar-refractivity contribution in [3.05, 3.63) is 12.2 Å². The summed E-state index contributed by atoms with van der Waals surface area (Å²) in [5.74, 6) is 0.326. The van der Waals surface area contributed by atoms with Crippen LogP contribution in [0.15, 0.2) is 12.2 Å². The summed E-state index contributed by atoms with van der Waals surface area (Å²) in [7, 11) is 0. The van der Waals surface area contributed by atoms with Gasteiger partial charge in [0.2, 0.25) is 0 Å². The topological polar surface area (TPSA) is 34.1 Å². The predicted molar refractivity (Wildman–Crippen MR) is 49.0 cm³/mol. The molecule has 0 amide bonds. The Morgan fingerprint density at radius 1 is 1.17 bits per heavy atom. The molecular weight excluding hydrogens is 152 g/mol. The summed E-state index contributed by atoms with van der Waals surface area (Å²) in [5, 5.41) is 0. The summed E-state index contributed by atoms with van der Waals surface area (Å²) < 4.78 is 0. The Labute approximate surface area is 73.7 Å². The molecule has 0 spiro atoms. The molecule has 0 heterocycles. The lowest BCUT2D eigenvalue weighted by Gasteiger charge is -1.92. The molecular formula is C10H16O2. The van der Waals surface area contributed by atoms with E-state index in [4.69, 9.17) is 0 Å². The van der Waals surface area contributed by atoms with Crippen LogP contribution in [0.3, 0.4) is 0 Å². The van der Waals surface area contributed by atoms with E-state index in [-0.39, 0.29) is 11.6 Å². The van der Waals surface area contributed by atoms with Crippen molar-refractivity contribution >= 4 is 11.6 Å². The van der Waals surface area contributed by atoms with Crippen molar-refractivity contribution in [3.63, 3.8) is 0 Å². The lowest BCUT2D eigenvalue weighted by Crippen LogP contribution is -1.88. The van der Waals surface area contributed by atoms with Crippen molar-refractivity contribution in [1.82, 2.24) is 0 Å². The highest BCUT2D eigenvalue weighted by Gasteiger charge is 1.91. The van der Waals surface area contributed by atoms with Crippen molar-refractivity contribution < 1.29 is 9.59 Å². The van der Waals surface area contributed by atoms with Gasteiger partial charge in [0.25, 0.3) is 0 Å². The zero-order valence-corrected chi connectivity index (χ0v) is 7.80. The van der Waals surface area contributed by atoms with Crippen LogP contribution in [-0.4, -0.2) is 11.6 Å². The molecule has 0 aromatic carbocycles. The standard InChI is InChI=1S/C10H16O2/c1-9(11)7-5-3-4-6-8-10(2)12/h5,7H,3-4,6,8H2,1-2H3/b7-5+. The van der Waals surface area contributed by atoms with Crippen LogP contribution >= 0.6 is 0 Å². The van der Waals surface area contributed by atoms with Crippen LogP contribution < -0.4 is 0 Å². The summed E-state index contributed by atoms with van der Waals surface area (Å²) in [6.07, 6.45) is 6.91. The van der Waals surface area contributed by atoms with Crippen LogP contribution in [0, 0.1) is 0 Å². The van der Waals surface area contributed by atoms with E-state index in [2.05, 4.69) is 0 Å². The first-order valence-corrected chi connectivity index (χ1v) is 4.29. The highest BCUT2D eigenvalue weighted by Crippen LogP contribution is 2.00. The Balaban J connectivity index is 3.21. The van der Waals surface area contributed by atoms with Crippen molar-refractivity contribution in [3.8, 4) is 0 Å². The molecule has 0 bridgehead atoms. The van der Waals surface area contributed by atoms with E-state index >= 15 is 0 Å². The fourth-order valence-electron chi connectivity index (χ4n) is 0.885. The van der Waals surface area contributed by atoms with Gasteiger partial charge in [0.1, 0.15) is 5.78 Å². The van der Waals surface area contributed by atoms with Gasteiger partial charge in [-0.05, 0) is 39.2 Å². The molecule has 0 aliphatic carbocycles. The number of ketones is 2. The number of Topliss-reactive ketones (excluding diaryl/α,β-unsaturated/α-hetero) is 1. The molecule has 68 valence electrons. The van der Waals surface area contributed by atoms with Crippen LogP contribution in [0.5, 0.6) is 0 Å². The maximum absolute atomic E-state index is 10.5. The number of unbranched alkanes of at least 4 members (excludes halogenated alkanes) is 2. The molecule has 12 heavy (non-hydrogen) atoms. The second-order valence-electron chi connectivity index (χ2n) is 2.96. The van der Waals surface area contributed by atoms with E-state index in [9.17, 15) is 9.59 Å². The molecule has 2 nitrogen and oxygen atoms in total. The summed E-state index contributed by atoms with van der Waals surface area (Å²) in [5.41, 5.74) is 0. The van der Waals surface area contributed by atoms with Gasteiger partial charge in [-0.1, -0.05) is 6.08 Å². The number of allylic oxidation sites excluding steroid dienone is 2. The molecule has 0 N–H and O–H groups in total. The second-order valence-corrected chi connectivity index (χ2v) is 2.96. The smallest absolute Gasteiger partial charge is 0.152 e. The minimum absolute atomic E-state index is 0.0848. The van der Waals surface area contributed by atoms with Gasteiger partial charge in [-0.25, -0.2) is 0 Å². The van der Waals surface area contributed by atoms with Gasteiger partial charge >= 0.3 is 0 Å². The molecule has 0 aliphatic rings. The minimum Gasteiger partial charge on any atom is -0.300 e. The van der Waals surface area contributed by atoms with E-state index < -0.39 is 0 Å². The molecule has 0 fully saturated rings. The molecule has 0 radical (unpaired) electrons. The highest BCUT2D eigenvalue weighted by molar-refractivity contribution is 5.87. The Morgan fingerprint density at radius 2 is 1.83 bits per heavy atom. The lowest BCUT2D eigenvalue weighted by molar-refractivity contribution is -0.117. The Kier molecular flexibility index (Phi) is 6.25. The van der Waals surface area contributed by atoms with Gasteiger partial charge in [-0.2, -0.15) is 0 Å². The molecule has 0 atom stereocenters. The maximum Gasteiger partial charge on any atom is 0.152 e. The number of carbonyl (C=O) groups excluding carboxylic acids is 2. The predicted octanol–water partition coefficient (Wildman–Crippen LogP) is 2.28. The first-order chi connectivity index (χ1) is 5.63. The molecule has 0 saturated heterocycles. The highest BCUT2D eigenvalue weighted by atomic mass is 16.1. The Bertz CT molecular complexity index is 180. The van der Waals surface area contributed by atoms with E-state index in [1.807, 2.05) is 6.08 Å². The number of carbonyl (C=O) groups is 2. The Morgan fingerprint density at radius 3 is 2.33 bits per heavy atom. The van der Waals surface area contributed by atoms with Crippen LogP contribution in [0.2, 0.25) is 0 Å². The minimum atomic E-state index is 0.0848. The van der Waals surface area contributed by atoms with E-state index in [1.54, 1.807) is 13.0 Å². The average molecular weight is 168 g/mol. The summed E-state index contributed by atoms with van der Waals surface area (Å²) in [6, 6.07) is 0. The fourth-order valence-corrected chi connectivity index (χ4v) is 0.885. The third-order valence-electron chi connectivity index (χ3n) is 1.50. The third kappa shape index (κ3) is 9.08. The SMILES string of the molecule is CC(=O)/C=C/CCCCC(C)=O. The van der Waals surface area contributed by atoms with Gasteiger partial charge in [-0.15, -0.1) is 0 Å². The zero-order chi connectivity index (χ0) is 9.40. The molecule has 0 unspecified atom stereocenters. The van der Waals surface area contributed by atoms with Crippen molar-refractivity contribution in [2.45, 2.75) is 39.5 Å². The van der Waals surface area contributed by atoms with Crippen molar-refractivity contribution in [2.75, 3.05) is 0 Å². The molecule has 0 aromatic rings. The van der Waals surface area contributed by atoms with Gasteiger partial charge in [0.05, 0.1) is 0 Å². The van der Waals surface area contributed by atoms with Gasteiger partial charge < -0.3 is 4.79 Å². The largest absolute Gasteiger partial charge is 0.300 e. The molecule has 2 heteroatoms. The molecule has 0 aliphatic heterocycles. The van der Waals surface area contributed by atoms with Crippen molar-refractivity contribution in [2.24, 2.45) is 0 Å². The van der Waals surface area contributed by atoms with Crippen LogP contribution in [0.1, 0.15) is 39.5 Å². The fraction of sp³-hybridized carbons (Fsp3) is 0.600. The first kappa shape index (κ1) is 11.1. The Hall–Kier alpha value is -0.920. The van der Waals surface area contributed by atoms with Gasteiger partial charge in [0, 0.05) is 6.42 Å². The van der Waals surface area contributed by atoms with Crippen LogP contribution in [-0.2, 0) is 9.59 Å². The number of hydrogen-bond acceptors (Lipinski definition) is 2. The quantitative estimate of drug-likeness (QED) is 0.450. The monoisotopic (exact) mass is 168 g/mol. The summed E-state index contributed by atoms with van der Waals surface area (Å²) in [4.78, 5) is 21.0. The molecule has 0 rings (SSSR count). The van der Waals surface area contributed by atoms with Crippen LogP contribution in [0.4, 0.5) is 0 Å². The lowest BCUT2D eigenvalue weighted by atomic mass is 10.1. The van der Waals surface area contributed by atoms with E-state index in [0.29, 0.717) is 6.42 Å².